The molecule has 0 radical (unpaired) electrons. The first-order chi connectivity index (χ1) is 14.6. The average Bonchev–Trinajstić information content (AvgIpc) is 2.78. The summed E-state index contributed by atoms with van der Waals surface area (Å²) in [6.07, 6.45) is 8.50. The fourth-order valence-corrected chi connectivity index (χ4v) is 4.00. The molecule has 0 aromatic heterocycles. The van der Waals surface area contributed by atoms with Crippen LogP contribution < -0.4 is 5.32 Å². The number of amides is 2. The maximum atomic E-state index is 13.2. The Labute approximate surface area is 180 Å². The fourth-order valence-electron chi connectivity index (χ4n) is 4.00. The fraction of sp³-hybridized carbons (Fsp3) is 0.385. The Morgan fingerprint density at radius 1 is 0.967 bits per heavy atom. The average molecular weight is 405 g/mol. The zero-order chi connectivity index (χ0) is 21.2. The highest BCUT2D eigenvalue weighted by molar-refractivity contribution is 5.87. The number of carbonyl (C=O) groups is 2. The van der Waals surface area contributed by atoms with Crippen molar-refractivity contribution in [1.82, 2.24) is 10.2 Å². The number of hydrogen-bond donors (Lipinski definition) is 1. The summed E-state index contributed by atoms with van der Waals surface area (Å²) >= 11 is 0. The van der Waals surface area contributed by atoms with Crippen LogP contribution in [0.2, 0.25) is 0 Å². The minimum Gasteiger partial charge on any atom is -0.354 e. The van der Waals surface area contributed by atoms with Gasteiger partial charge in [0.15, 0.2) is 0 Å². The minimum atomic E-state index is -0.537. The van der Waals surface area contributed by atoms with Gasteiger partial charge in [0.2, 0.25) is 11.8 Å². The van der Waals surface area contributed by atoms with Gasteiger partial charge in [-0.15, -0.1) is 0 Å². The van der Waals surface area contributed by atoms with Crippen LogP contribution in [0.1, 0.15) is 50.2 Å². The molecule has 0 spiro atoms. The number of rotatable bonds is 9. The van der Waals surface area contributed by atoms with Gasteiger partial charge in [-0.25, -0.2) is 0 Å². The lowest BCUT2D eigenvalue weighted by atomic mass is 9.97. The van der Waals surface area contributed by atoms with Gasteiger partial charge in [-0.05, 0) is 43.2 Å². The number of nitrogens with one attached hydrogen (secondary N) is 1. The predicted molar refractivity (Wildman–Crippen MR) is 121 cm³/mol. The molecule has 0 heterocycles. The van der Waals surface area contributed by atoms with Gasteiger partial charge in [-0.1, -0.05) is 72.3 Å². The van der Waals surface area contributed by atoms with Crippen molar-refractivity contribution in [2.24, 2.45) is 0 Å². The molecular formula is C26H32N2O2. The number of hydrogen-bond acceptors (Lipinski definition) is 2. The molecule has 4 nitrogen and oxygen atoms in total. The molecule has 0 saturated heterocycles. The van der Waals surface area contributed by atoms with Crippen LogP contribution >= 0.6 is 0 Å². The van der Waals surface area contributed by atoms with E-state index in [9.17, 15) is 9.59 Å². The van der Waals surface area contributed by atoms with E-state index in [2.05, 4.69) is 11.4 Å². The third-order valence-corrected chi connectivity index (χ3v) is 5.68. The van der Waals surface area contributed by atoms with Crippen molar-refractivity contribution in [3.05, 3.63) is 83.4 Å². The van der Waals surface area contributed by atoms with E-state index < -0.39 is 6.04 Å². The molecule has 158 valence electrons. The van der Waals surface area contributed by atoms with Crippen LogP contribution in [0.5, 0.6) is 0 Å². The van der Waals surface area contributed by atoms with Crippen molar-refractivity contribution in [2.45, 2.75) is 58.0 Å². The monoisotopic (exact) mass is 404 g/mol. The molecule has 0 fully saturated rings. The summed E-state index contributed by atoms with van der Waals surface area (Å²) in [4.78, 5) is 27.4. The number of nitrogens with zero attached hydrogens (tertiary/aromatic N) is 1. The highest BCUT2D eigenvalue weighted by Crippen LogP contribution is 2.20. The first kappa shape index (κ1) is 21.8. The van der Waals surface area contributed by atoms with Gasteiger partial charge in [0, 0.05) is 26.4 Å². The zero-order valence-electron chi connectivity index (χ0n) is 17.8. The molecule has 2 amide bonds. The molecule has 1 N–H and O–H groups in total. The maximum absolute atomic E-state index is 13.2. The van der Waals surface area contributed by atoms with Gasteiger partial charge in [-0.3, -0.25) is 9.59 Å². The smallest absolute Gasteiger partial charge is 0.243 e. The van der Waals surface area contributed by atoms with Gasteiger partial charge in [0.05, 0.1) is 0 Å². The molecule has 30 heavy (non-hydrogen) atoms. The summed E-state index contributed by atoms with van der Waals surface area (Å²) in [5.74, 6) is -0.175. The second-order valence-electron chi connectivity index (χ2n) is 7.99. The van der Waals surface area contributed by atoms with E-state index in [0.29, 0.717) is 19.5 Å². The van der Waals surface area contributed by atoms with E-state index in [1.54, 1.807) is 11.8 Å². The Balaban J connectivity index is 1.72. The molecule has 1 aliphatic rings. The minimum absolute atomic E-state index is 0.0820. The van der Waals surface area contributed by atoms with E-state index in [0.717, 1.165) is 30.4 Å². The summed E-state index contributed by atoms with van der Waals surface area (Å²) in [5, 5.41) is 3.10. The first-order valence-electron chi connectivity index (χ1n) is 10.9. The number of carbonyl (C=O) groups excluding carboxylic acids is 2. The maximum Gasteiger partial charge on any atom is 0.243 e. The summed E-state index contributed by atoms with van der Waals surface area (Å²) in [6, 6.07) is 19.2. The van der Waals surface area contributed by atoms with E-state index in [1.807, 2.05) is 60.7 Å². The summed E-state index contributed by atoms with van der Waals surface area (Å²) < 4.78 is 0. The molecule has 4 heteroatoms. The molecule has 1 atom stereocenters. The van der Waals surface area contributed by atoms with Crippen LogP contribution in [0.15, 0.2) is 72.3 Å². The van der Waals surface area contributed by atoms with Crippen molar-refractivity contribution >= 4 is 11.8 Å². The lowest BCUT2D eigenvalue weighted by molar-refractivity contribution is -0.139. The van der Waals surface area contributed by atoms with Gasteiger partial charge in [-0.2, -0.15) is 0 Å². The second kappa shape index (κ2) is 11.3. The molecule has 0 unspecified atom stereocenters. The van der Waals surface area contributed by atoms with E-state index in [4.69, 9.17) is 0 Å². The molecule has 0 saturated carbocycles. The highest BCUT2D eigenvalue weighted by atomic mass is 16.2. The van der Waals surface area contributed by atoms with Crippen molar-refractivity contribution < 1.29 is 9.59 Å². The van der Waals surface area contributed by atoms with Crippen LogP contribution in [0.3, 0.4) is 0 Å². The lowest BCUT2D eigenvalue weighted by Gasteiger charge is -2.30. The molecule has 1 aliphatic carbocycles. The number of allylic oxidation sites excluding steroid dienone is 1. The SMILES string of the molecule is CC(=O)N(Cc1ccccc1)[C@H](Cc1ccccc1)C(=O)NCCC1=CCCCC1. The third-order valence-electron chi connectivity index (χ3n) is 5.68. The van der Waals surface area contributed by atoms with Crippen molar-refractivity contribution in [3.63, 3.8) is 0 Å². The Hall–Kier alpha value is -2.88. The van der Waals surface area contributed by atoms with Crippen molar-refractivity contribution in [2.75, 3.05) is 6.54 Å². The quantitative estimate of drug-likeness (QED) is 0.618. The van der Waals surface area contributed by atoms with Gasteiger partial charge in [0.25, 0.3) is 0 Å². The van der Waals surface area contributed by atoms with Crippen LogP contribution in [-0.2, 0) is 22.6 Å². The van der Waals surface area contributed by atoms with Crippen molar-refractivity contribution in [1.29, 1.82) is 0 Å². The lowest BCUT2D eigenvalue weighted by Crippen LogP contribution is -2.50. The summed E-state index contributed by atoms with van der Waals surface area (Å²) in [5.41, 5.74) is 3.51. The molecule has 2 aromatic rings. The van der Waals surface area contributed by atoms with Crippen LogP contribution in [0.25, 0.3) is 0 Å². The van der Waals surface area contributed by atoms with Gasteiger partial charge >= 0.3 is 0 Å². The van der Waals surface area contributed by atoms with Crippen LogP contribution in [-0.4, -0.2) is 29.3 Å². The molecule has 2 aromatic carbocycles. The Morgan fingerprint density at radius 3 is 2.23 bits per heavy atom. The highest BCUT2D eigenvalue weighted by Gasteiger charge is 2.28. The topological polar surface area (TPSA) is 49.4 Å². The van der Waals surface area contributed by atoms with Crippen molar-refractivity contribution in [3.8, 4) is 0 Å². The Morgan fingerprint density at radius 2 is 1.63 bits per heavy atom. The standard InChI is InChI=1S/C26H32N2O2/c1-21(29)28(20-24-15-9-4-10-16-24)25(19-23-13-7-3-8-14-23)26(30)27-18-17-22-11-5-2-6-12-22/h3-4,7-11,13-16,25H,2,5-6,12,17-20H2,1H3,(H,27,30)/t25-/m1/s1. The zero-order valence-corrected chi connectivity index (χ0v) is 17.8. The molecule has 0 bridgehead atoms. The molecular weight excluding hydrogens is 372 g/mol. The normalized spacial score (nSPS) is 14.5. The van der Waals surface area contributed by atoms with Crippen LogP contribution in [0.4, 0.5) is 0 Å². The summed E-state index contributed by atoms with van der Waals surface area (Å²) in [6.45, 7) is 2.58. The van der Waals surface area contributed by atoms with Crippen LogP contribution in [0, 0.1) is 0 Å². The Kier molecular flexibility index (Phi) is 8.25. The molecule has 3 rings (SSSR count). The Bertz CT molecular complexity index is 846. The largest absolute Gasteiger partial charge is 0.354 e. The third kappa shape index (κ3) is 6.58. The van der Waals surface area contributed by atoms with E-state index >= 15 is 0 Å². The van der Waals surface area contributed by atoms with E-state index in [1.165, 1.54) is 18.4 Å². The molecule has 0 aliphatic heterocycles. The second-order valence-corrected chi connectivity index (χ2v) is 7.99. The van der Waals surface area contributed by atoms with Gasteiger partial charge < -0.3 is 10.2 Å². The first-order valence-corrected chi connectivity index (χ1v) is 10.9. The van der Waals surface area contributed by atoms with E-state index in [-0.39, 0.29) is 11.8 Å². The van der Waals surface area contributed by atoms with Gasteiger partial charge in [0.1, 0.15) is 6.04 Å². The number of benzene rings is 2. The summed E-state index contributed by atoms with van der Waals surface area (Å²) in [7, 11) is 0. The predicted octanol–water partition coefficient (Wildman–Crippen LogP) is 4.65.